The monoisotopic (exact) mass is 258 g/mol. The number of hydrogen-bond donors (Lipinski definition) is 1. The molecule has 0 spiro atoms. The Hall–Kier alpha value is -1.68. The predicted octanol–water partition coefficient (Wildman–Crippen LogP) is 2.72. The largest absolute Gasteiger partial charge is 0.310 e. The first-order chi connectivity index (χ1) is 9.22. The fourth-order valence-corrected chi connectivity index (χ4v) is 2.03. The highest BCUT2D eigenvalue weighted by atomic mass is 15.1. The molecule has 0 bridgehead atoms. The van der Waals surface area contributed by atoms with Crippen molar-refractivity contribution in [2.45, 2.75) is 46.2 Å². The fraction of sp³-hybridized carbons (Fsp3) is 0.467. The van der Waals surface area contributed by atoms with Gasteiger partial charge >= 0.3 is 0 Å². The number of nitrogens with zero attached hydrogens (tertiary/aromatic N) is 3. The number of rotatable bonds is 6. The van der Waals surface area contributed by atoms with E-state index in [2.05, 4.69) is 46.7 Å². The van der Waals surface area contributed by atoms with Gasteiger partial charge in [-0.25, -0.2) is 9.97 Å². The highest BCUT2D eigenvalue weighted by Gasteiger charge is 2.10. The molecule has 0 saturated heterocycles. The first kappa shape index (κ1) is 13.7. The summed E-state index contributed by atoms with van der Waals surface area (Å²) in [7, 11) is 0. The lowest BCUT2D eigenvalue weighted by Crippen LogP contribution is -2.23. The smallest absolute Gasteiger partial charge is 0.142 e. The zero-order valence-corrected chi connectivity index (χ0v) is 11.9. The van der Waals surface area contributed by atoms with Crippen LogP contribution in [0.2, 0.25) is 0 Å². The van der Waals surface area contributed by atoms with Crippen LogP contribution in [-0.2, 0) is 13.0 Å². The van der Waals surface area contributed by atoms with E-state index in [-0.39, 0.29) is 0 Å². The van der Waals surface area contributed by atoms with Crippen LogP contribution in [0.25, 0.3) is 5.82 Å². The van der Waals surface area contributed by atoms with E-state index in [0.717, 1.165) is 31.0 Å². The molecule has 19 heavy (non-hydrogen) atoms. The second-order valence-electron chi connectivity index (χ2n) is 4.99. The number of pyridine rings is 1. The first-order valence-corrected chi connectivity index (χ1v) is 6.92. The Kier molecular flexibility index (Phi) is 4.68. The summed E-state index contributed by atoms with van der Waals surface area (Å²) < 4.78 is 2.10. The Morgan fingerprint density at radius 2 is 2.11 bits per heavy atom. The van der Waals surface area contributed by atoms with Gasteiger partial charge in [0.05, 0.1) is 0 Å². The van der Waals surface area contributed by atoms with Gasteiger partial charge in [-0.15, -0.1) is 0 Å². The molecule has 0 atom stereocenters. The number of aryl methyl sites for hydroxylation is 1. The van der Waals surface area contributed by atoms with Crippen molar-refractivity contribution in [3.8, 4) is 5.82 Å². The van der Waals surface area contributed by atoms with Crippen LogP contribution in [0, 0.1) is 0 Å². The maximum absolute atomic E-state index is 4.52. The Balaban J connectivity index is 2.30. The zero-order chi connectivity index (χ0) is 13.7. The molecule has 0 unspecified atom stereocenters. The van der Waals surface area contributed by atoms with Gasteiger partial charge in [-0.2, -0.15) is 0 Å². The van der Waals surface area contributed by atoms with E-state index >= 15 is 0 Å². The van der Waals surface area contributed by atoms with Crippen LogP contribution in [0.1, 0.15) is 38.6 Å². The molecule has 4 nitrogen and oxygen atoms in total. The normalized spacial score (nSPS) is 11.2. The van der Waals surface area contributed by atoms with Gasteiger partial charge in [0.25, 0.3) is 0 Å². The number of hydrogen-bond acceptors (Lipinski definition) is 3. The van der Waals surface area contributed by atoms with Gasteiger partial charge < -0.3 is 5.32 Å². The van der Waals surface area contributed by atoms with E-state index < -0.39 is 0 Å². The molecule has 0 aliphatic rings. The third-order valence-corrected chi connectivity index (χ3v) is 2.99. The first-order valence-electron chi connectivity index (χ1n) is 6.92. The van der Waals surface area contributed by atoms with Gasteiger partial charge in [0.15, 0.2) is 0 Å². The summed E-state index contributed by atoms with van der Waals surface area (Å²) in [4.78, 5) is 8.95. The number of nitrogens with one attached hydrogen (secondary N) is 1. The third kappa shape index (κ3) is 3.41. The van der Waals surface area contributed by atoms with Crippen molar-refractivity contribution in [2.75, 3.05) is 0 Å². The molecule has 0 saturated carbocycles. The maximum Gasteiger partial charge on any atom is 0.142 e. The Bertz CT molecular complexity index is 516. The summed E-state index contributed by atoms with van der Waals surface area (Å²) in [6.07, 6.45) is 7.74. The van der Waals surface area contributed by atoms with E-state index in [4.69, 9.17) is 0 Å². The summed E-state index contributed by atoms with van der Waals surface area (Å²) in [6, 6.07) is 4.57. The molecule has 0 fully saturated rings. The van der Waals surface area contributed by atoms with Crippen LogP contribution >= 0.6 is 0 Å². The van der Waals surface area contributed by atoms with Crippen LogP contribution in [0.3, 0.4) is 0 Å². The van der Waals surface area contributed by atoms with Gasteiger partial charge in [0, 0.05) is 43.2 Å². The van der Waals surface area contributed by atoms with Crippen molar-refractivity contribution in [3.63, 3.8) is 0 Å². The van der Waals surface area contributed by atoms with Gasteiger partial charge in [-0.3, -0.25) is 4.57 Å². The highest BCUT2D eigenvalue weighted by molar-refractivity contribution is 5.35. The van der Waals surface area contributed by atoms with E-state index in [1.165, 1.54) is 5.56 Å². The predicted molar refractivity (Wildman–Crippen MR) is 77.3 cm³/mol. The van der Waals surface area contributed by atoms with Gasteiger partial charge in [0.1, 0.15) is 11.6 Å². The maximum atomic E-state index is 4.52. The molecule has 0 aliphatic heterocycles. The molecule has 1 N–H and O–H groups in total. The second-order valence-corrected chi connectivity index (χ2v) is 4.99. The van der Waals surface area contributed by atoms with E-state index in [1.807, 2.05) is 24.7 Å². The van der Waals surface area contributed by atoms with Crippen molar-refractivity contribution in [1.82, 2.24) is 19.9 Å². The molecule has 4 heteroatoms. The zero-order valence-electron chi connectivity index (χ0n) is 11.9. The minimum absolute atomic E-state index is 0.464. The van der Waals surface area contributed by atoms with Gasteiger partial charge in [0.2, 0.25) is 0 Å². The van der Waals surface area contributed by atoms with Crippen molar-refractivity contribution in [3.05, 3.63) is 42.1 Å². The Morgan fingerprint density at radius 3 is 2.84 bits per heavy atom. The third-order valence-electron chi connectivity index (χ3n) is 2.99. The standard InChI is InChI=1S/C15H22N4/c1-4-6-14-16-9-10-19(14)15-13(7-5-8-17-15)11-18-12(2)3/h5,7-10,12,18H,4,6,11H2,1-3H3. The lowest BCUT2D eigenvalue weighted by atomic mass is 10.2. The molecule has 2 aromatic rings. The highest BCUT2D eigenvalue weighted by Crippen LogP contribution is 2.14. The summed E-state index contributed by atoms with van der Waals surface area (Å²) in [6.45, 7) is 7.29. The van der Waals surface area contributed by atoms with Gasteiger partial charge in [-0.05, 0) is 12.5 Å². The van der Waals surface area contributed by atoms with E-state index in [0.29, 0.717) is 6.04 Å². The van der Waals surface area contributed by atoms with Crippen LogP contribution in [0.5, 0.6) is 0 Å². The van der Waals surface area contributed by atoms with E-state index in [1.54, 1.807) is 0 Å². The molecule has 0 aliphatic carbocycles. The summed E-state index contributed by atoms with van der Waals surface area (Å²) in [5.41, 5.74) is 1.20. The topological polar surface area (TPSA) is 42.7 Å². The molecular formula is C15H22N4. The molecule has 2 rings (SSSR count). The lowest BCUT2D eigenvalue weighted by molar-refractivity contribution is 0.585. The minimum atomic E-state index is 0.464. The molecule has 0 aromatic carbocycles. The molecule has 2 aromatic heterocycles. The Labute approximate surface area is 114 Å². The molecule has 0 radical (unpaired) electrons. The van der Waals surface area contributed by atoms with Gasteiger partial charge in [-0.1, -0.05) is 26.8 Å². The van der Waals surface area contributed by atoms with Crippen LogP contribution in [0.15, 0.2) is 30.7 Å². The van der Waals surface area contributed by atoms with Crippen LogP contribution < -0.4 is 5.32 Å². The molecular weight excluding hydrogens is 236 g/mol. The van der Waals surface area contributed by atoms with E-state index in [9.17, 15) is 0 Å². The van der Waals surface area contributed by atoms with Crippen molar-refractivity contribution >= 4 is 0 Å². The van der Waals surface area contributed by atoms with Crippen molar-refractivity contribution < 1.29 is 0 Å². The quantitative estimate of drug-likeness (QED) is 0.866. The lowest BCUT2D eigenvalue weighted by Gasteiger charge is -2.13. The van der Waals surface area contributed by atoms with Crippen LogP contribution in [-0.4, -0.2) is 20.6 Å². The van der Waals surface area contributed by atoms with Crippen LogP contribution in [0.4, 0.5) is 0 Å². The fourth-order valence-electron chi connectivity index (χ4n) is 2.03. The molecule has 2 heterocycles. The van der Waals surface area contributed by atoms with Crippen molar-refractivity contribution in [2.24, 2.45) is 0 Å². The van der Waals surface area contributed by atoms with Crippen molar-refractivity contribution in [1.29, 1.82) is 0 Å². The SMILES string of the molecule is CCCc1nccn1-c1ncccc1CNC(C)C. The number of imidazole rings is 1. The number of aromatic nitrogens is 3. The Morgan fingerprint density at radius 1 is 1.26 bits per heavy atom. The second kappa shape index (κ2) is 6.48. The average Bonchev–Trinajstić information content (AvgIpc) is 2.85. The summed E-state index contributed by atoms with van der Waals surface area (Å²) >= 11 is 0. The molecule has 0 amide bonds. The molecule has 102 valence electrons. The average molecular weight is 258 g/mol. The minimum Gasteiger partial charge on any atom is -0.310 e. The summed E-state index contributed by atoms with van der Waals surface area (Å²) in [5, 5.41) is 3.44. The summed E-state index contributed by atoms with van der Waals surface area (Å²) in [5.74, 6) is 2.06.